The Morgan fingerprint density at radius 2 is 1.90 bits per heavy atom. The van der Waals surface area contributed by atoms with Crippen LogP contribution in [0.5, 0.6) is 5.75 Å². The Balaban J connectivity index is 1.61. The van der Waals surface area contributed by atoms with Crippen LogP contribution in [-0.4, -0.2) is 20.1 Å². The summed E-state index contributed by atoms with van der Waals surface area (Å²) in [6.07, 6.45) is 2.14. The SMILES string of the molecule is Cc1c([SH]2C=Cc3c(CO)cccc32)cc(OCc2ccccc2)c2c1nnn2C. The zero-order valence-corrected chi connectivity index (χ0v) is 17.8. The minimum atomic E-state index is -0.693. The number of nitrogens with zero attached hydrogens (tertiary/aromatic N) is 3. The van der Waals surface area contributed by atoms with Gasteiger partial charge >= 0.3 is 0 Å². The number of hydrogen-bond acceptors (Lipinski definition) is 4. The van der Waals surface area contributed by atoms with Crippen molar-refractivity contribution in [1.82, 2.24) is 15.0 Å². The smallest absolute Gasteiger partial charge is 0.148 e. The predicted octanol–water partition coefficient (Wildman–Crippen LogP) is 4.75. The molecule has 2 heterocycles. The number of rotatable bonds is 5. The van der Waals surface area contributed by atoms with Crippen LogP contribution in [0.25, 0.3) is 17.1 Å². The lowest BCUT2D eigenvalue weighted by Gasteiger charge is -2.21. The third-order valence-electron chi connectivity index (χ3n) is 5.56. The lowest BCUT2D eigenvalue weighted by Crippen LogP contribution is -2.00. The Morgan fingerprint density at radius 1 is 1.07 bits per heavy atom. The number of thiol groups is 1. The van der Waals surface area contributed by atoms with E-state index >= 15 is 0 Å². The number of aryl methyl sites for hydroxylation is 2. The lowest BCUT2D eigenvalue weighted by atomic mass is 10.1. The molecule has 1 aliphatic heterocycles. The first-order chi connectivity index (χ1) is 14.7. The zero-order chi connectivity index (χ0) is 20.7. The second-order valence-electron chi connectivity index (χ2n) is 7.40. The number of aliphatic hydroxyl groups excluding tert-OH is 1. The number of ether oxygens (including phenoxy) is 1. The highest BCUT2D eigenvalue weighted by Gasteiger charge is 2.23. The summed E-state index contributed by atoms with van der Waals surface area (Å²) in [5, 5.41) is 20.7. The van der Waals surface area contributed by atoms with Crippen molar-refractivity contribution in [2.45, 2.75) is 29.9 Å². The first kappa shape index (κ1) is 18.9. The second-order valence-corrected chi connectivity index (χ2v) is 9.40. The van der Waals surface area contributed by atoms with Gasteiger partial charge in [0, 0.05) is 16.8 Å². The molecule has 1 N–H and O–H groups in total. The fourth-order valence-electron chi connectivity index (χ4n) is 3.98. The van der Waals surface area contributed by atoms with Crippen LogP contribution in [-0.2, 0) is 20.3 Å². The highest BCUT2D eigenvalue weighted by Crippen LogP contribution is 2.55. The van der Waals surface area contributed by atoms with Crippen molar-refractivity contribution >= 4 is 28.0 Å². The van der Waals surface area contributed by atoms with Crippen LogP contribution >= 0.6 is 10.9 Å². The standard InChI is InChI=1S/C24H23N3O2S/c1-16-22(30-12-11-19-18(14-28)9-6-10-21(19)30)13-20(24-23(16)25-26-27(24)2)29-15-17-7-4-3-5-8-17/h3-13,28,30H,14-15H2,1-2H3. The van der Waals surface area contributed by atoms with Gasteiger partial charge in [0.1, 0.15) is 23.4 Å². The molecule has 1 unspecified atom stereocenters. The van der Waals surface area contributed by atoms with Gasteiger partial charge in [0.25, 0.3) is 0 Å². The molecule has 0 amide bonds. The molecule has 0 spiro atoms. The van der Waals surface area contributed by atoms with Crippen LogP contribution in [0.1, 0.15) is 22.3 Å². The number of aliphatic hydroxyl groups is 1. The molecule has 1 aromatic heterocycles. The van der Waals surface area contributed by atoms with E-state index < -0.39 is 10.9 Å². The van der Waals surface area contributed by atoms with E-state index in [0.29, 0.717) is 6.61 Å². The quantitative estimate of drug-likeness (QED) is 0.460. The molecule has 1 atom stereocenters. The molecular formula is C24H23N3O2S. The topological polar surface area (TPSA) is 60.2 Å². The summed E-state index contributed by atoms with van der Waals surface area (Å²) in [4.78, 5) is 2.48. The maximum absolute atomic E-state index is 9.71. The minimum Gasteiger partial charge on any atom is -0.487 e. The molecule has 0 saturated carbocycles. The molecule has 152 valence electrons. The van der Waals surface area contributed by atoms with Crippen LogP contribution in [0.2, 0.25) is 0 Å². The highest BCUT2D eigenvalue weighted by molar-refractivity contribution is 8.20. The van der Waals surface area contributed by atoms with E-state index in [-0.39, 0.29) is 6.61 Å². The van der Waals surface area contributed by atoms with E-state index in [1.54, 1.807) is 4.68 Å². The average Bonchev–Trinajstić information content (AvgIpc) is 3.38. The van der Waals surface area contributed by atoms with Crippen molar-refractivity contribution in [2.24, 2.45) is 7.05 Å². The van der Waals surface area contributed by atoms with E-state index in [4.69, 9.17) is 4.74 Å². The first-order valence-electron chi connectivity index (χ1n) is 9.87. The maximum Gasteiger partial charge on any atom is 0.148 e. The minimum absolute atomic E-state index is 0.0459. The molecule has 3 aromatic carbocycles. The van der Waals surface area contributed by atoms with Gasteiger partial charge in [0.2, 0.25) is 0 Å². The van der Waals surface area contributed by atoms with Gasteiger partial charge in [-0.15, -0.1) is 5.10 Å². The largest absolute Gasteiger partial charge is 0.487 e. The molecular weight excluding hydrogens is 394 g/mol. The summed E-state index contributed by atoms with van der Waals surface area (Å²) in [5.41, 5.74) is 6.13. The van der Waals surface area contributed by atoms with Gasteiger partial charge in [-0.05, 0) is 52.8 Å². The number of benzene rings is 3. The molecule has 0 fully saturated rings. The van der Waals surface area contributed by atoms with Gasteiger partial charge in [-0.1, -0.05) is 47.7 Å². The summed E-state index contributed by atoms with van der Waals surface area (Å²) in [7, 11) is 1.20. The molecule has 0 saturated heterocycles. The van der Waals surface area contributed by atoms with Crippen LogP contribution in [0.15, 0.2) is 69.8 Å². The van der Waals surface area contributed by atoms with Gasteiger partial charge in [-0.25, -0.2) is 4.68 Å². The molecule has 1 aliphatic rings. The van der Waals surface area contributed by atoms with E-state index in [1.165, 1.54) is 9.79 Å². The van der Waals surface area contributed by atoms with Crippen molar-refractivity contribution in [2.75, 3.05) is 0 Å². The second kappa shape index (κ2) is 7.63. The number of fused-ring (bicyclic) bond motifs is 2. The molecule has 0 radical (unpaired) electrons. The van der Waals surface area contributed by atoms with E-state index in [0.717, 1.165) is 39.0 Å². The number of aromatic nitrogens is 3. The molecule has 0 aliphatic carbocycles. The average molecular weight is 418 g/mol. The maximum atomic E-state index is 9.71. The van der Waals surface area contributed by atoms with Crippen LogP contribution in [0, 0.1) is 6.92 Å². The van der Waals surface area contributed by atoms with Crippen molar-refractivity contribution in [1.29, 1.82) is 0 Å². The molecule has 4 aromatic rings. The fourth-order valence-corrected chi connectivity index (χ4v) is 6.31. The van der Waals surface area contributed by atoms with Crippen LogP contribution in [0.4, 0.5) is 0 Å². The van der Waals surface area contributed by atoms with Gasteiger partial charge in [0.15, 0.2) is 0 Å². The number of hydrogen-bond donors (Lipinski definition) is 2. The highest BCUT2D eigenvalue weighted by atomic mass is 32.2. The lowest BCUT2D eigenvalue weighted by molar-refractivity contribution is 0.281. The van der Waals surface area contributed by atoms with E-state index in [9.17, 15) is 5.11 Å². The molecule has 6 heteroatoms. The zero-order valence-electron chi connectivity index (χ0n) is 16.9. The third kappa shape index (κ3) is 3.09. The summed E-state index contributed by atoms with van der Waals surface area (Å²) >= 11 is 0. The fraction of sp³-hybridized carbons (Fsp3) is 0.167. The summed E-state index contributed by atoms with van der Waals surface area (Å²) in [5.74, 6) is 0.796. The van der Waals surface area contributed by atoms with Gasteiger partial charge in [0.05, 0.1) is 6.61 Å². The van der Waals surface area contributed by atoms with E-state index in [1.807, 2.05) is 37.4 Å². The molecule has 5 rings (SSSR count). The van der Waals surface area contributed by atoms with Crippen LogP contribution < -0.4 is 4.74 Å². The Morgan fingerprint density at radius 3 is 2.70 bits per heavy atom. The first-order valence-corrected chi connectivity index (χ1v) is 11.3. The summed E-state index contributed by atoms with van der Waals surface area (Å²) in [6.45, 7) is 2.64. The normalized spacial score (nSPS) is 16.2. The van der Waals surface area contributed by atoms with Gasteiger partial charge in [-0.2, -0.15) is 10.9 Å². The molecule has 0 bridgehead atoms. The summed E-state index contributed by atoms with van der Waals surface area (Å²) in [6, 6.07) is 18.5. The van der Waals surface area contributed by atoms with Gasteiger partial charge < -0.3 is 9.84 Å². The van der Waals surface area contributed by atoms with E-state index in [2.05, 4.69) is 53.0 Å². The molecule has 5 nitrogen and oxygen atoms in total. The van der Waals surface area contributed by atoms with Crippen molar-refractivity contribution in [3.05, 3.63) is 82.3 Å². The van der Waals surface area contributed by atoms with Crippen LogP contribution in [0.3, 0.4) is 0 Å². The Labute approximate surface area is 178 Å². The van der Waals surface area contributed by atoms with Gasteiger partial charge in [-0.3, -0.25) is 0 Å². The summed E-state index contributed by atoms with van der Waals surface area (Å²) < 4.78 is 8.06. The van der Waals surface area contributed by atoms with Crippen molar-refractivity contribution in [3.63, 3.8) is 0 Å². The predicted molar refractivity (Wildman–Crippen MR) is 121 cm³/mol. The monoisotopic (exact) mass is 417 g/mol. The Kier molecular flexibility index (Phi) is 4.81. The Hall–Kier alpha value is -3.09. The Bertz CT molecular complexity index is 1260. The van der Waals surface area contributed by atoms with Crippen molar-refractivity contribution in [3.8, 4) is 5.75 Å². The molecule has 30 heavy (non-hydrogen) atoms. The third-order valence-corrected chi connectivity index (χ3v) is 7.90. The van der Waals surface area contributed by atoms with Crippen molar-refractivity contribution < 1.29 is 9.84 Å².